The van der Waals surface area contributed by atoms with E-state index < -0.39 is 5.91 Å². The lowest BCUT2D eigenvalue weighted by atomic mass is 10.2. The Morgan fingerprint density at radius 2 is 1.77 bits per heavy atom. The quantitative estimate of drug-likeness (QED) is 0.730. The average molecular weight is 354 g/mol. The van der Waals surface area contributed by atoms with Gasteiger partial charge in [0.15, 0.2) is 0 Å². The van der Waals surface area contributed by atoms with Crippen molar-refractivity contribution in [1.29, 1.82) is 0 Å². The summed E-state index contributed by atoms with van der Waals surface area (Å²) in [5, 5.41) is 6.05. The summed E-state index contributed by atoms with van der Waals surface area (Å²) in [4.78, 5) is 24.3. The van der Waals surface area contributed by atoms with Crippen LogP contribution in [-0.2, 0) is 4.79 Å². The van der Waals surface area contributed by atoms with E-state index >= 15 is 0 Å². The molecule has 0 aliphatic carbocycles. The standard InChI is InChI=1S/C19H18N2O5/c1-11(22)20-17-13-6-4-5-7-15(13)26-18(17)19(23)21-14-9-8-12(24-2)10-16(14)25-3/h4-10H,1-3H3,(H,20,22)(H,21,23). The number of rotatable bonds is 5. The predicted molar refractivity (Wildman–Crippen MR) is 98.0 cm³/mol. The lowest BCUT2D eigenvalue weighted by molar-refractivity contribution is -0.114. The van der Waals surface area contributed by atoms with E-state index in [0.29, 0.717) is 33.8 Å². The first-order chi connectivity index (χ1) is 12.5. The van der Waals surface area contributed by atoms with Gasteiger partial charge in [-0.1, -0.05) is 12.1 Å². The molecule has 0 aliphatic rings. The number of anilines is 2. The second-order valence-corrected chi connectivity index (χ2v) is 5.50. The lowest BCUT2D eigenvalue weighted by Gasteiger charge is -2.11. The van der Waals surface area contributed by atoms with E-state index in [4.69, 9.17) is 13.9 Å². The summed E-state index contributed by atoms with van der Waals surface area (Å²) in [7, 11) is 3.04. The maximum absolute atomic E-state index is 12.8. The Balaban J connectivity index is 1.99. The molecule has 7 heteroatoms. The molecule has 0 saturated carbocycles. The molecule has 2 aromatic carbocycles. The summed E-state index contributed by atoms with van der Waals surface area (Å²) in [6.45, 7) is 1.37. The summed E-state index contributed by atoms with van der Waals surface area (Å²) >= 11 is 0. The van der Waals surface area contributed by atoms with Crippen LogP contribution >= 0.6 is 0 Å². The summed E-state index contributed by atoms with van der Waals surface area (Å²) < 4.78 is 16.1. The Morgan fingerprint density at radius 3 is 2.46 bits per heavy atom. The van der Waals surface area contributed by atoms with E-state index in [9.17, 15) is 9.59 Å². The van der Waals surface area contributed by atoms with Crippen molar-refractivity contribution in [3.8, 4) is 11.5 Å². The van der Waals surface area contributed by atoms with Crippen molar-refractivity contribution in [2.24, 2.45) is 0 Å². The molecule has 0 spiro atoms. The summed E-state index contributed by atoms with van der Waals surface area (Å²) in [5.74, 6) is 0.248. The molecule has 3 rings (SSSR count). The van der Waals surface area contributed by atoms with Gasteiger partial charge >= 0.3 is 0 Å². The first-order valence-electron chi connectivity index (χ1n) is 7.86. The number of ether oxygens (including phenoxy) is 2. The third-order valence-electron chi connectivity index (χ3n) is 3.76. The molecule has 26 heavy (non-hydrogen) atoms. The zero-order chi connectivity index (χ0) is 18.7. The Kier molecular flexibility index (Phi) is 4.79. The van der Waals surface area contributed by atoms with Crippen LogP contribution in [0.3, 0.4) is 0 Å². The topological polar surface area (TPSA) is 89.8 Å². The molecule has 3 aromatic rings. The van der Waals surface area contributed by atoms with Crippen molar-refractivity contribution >= 4 is 34.2 Å². The van der Waals surface area contributed by atoms with Crippen molar-refractivity contribution in [3.05, 3.63) is 48.2 Å². The van der Waals surface area contributed by atoms with E-state index in [1.807, 2.05) is 0 Å². The zero-order valence-corrected chi connectivity index (χ0v) is 14.6. The smallest absolute Gasteiger partial charge is 0.293 e. The first-order valence-corrected chi connectivity index (χ1v) is 7.86. The minimum Gasteiger partial charge on any atom is -0.497 e. The van der Waals surface area contributed by atoms with Gasteiger partial charge in [-0.15, -0.1) is 0 Å². The fourth-order valence-corrected chi connectivity index (χ4v) is 2.59. The monoisotopic (exact) mass is 354 g/mol. The molecule has 0 unspecified atom stereocenters. The van der Waals surface area contributed by atoms with Gasteiger partial charge in [-0.2, -0.15) is 0 Å². The SMILES string of the molecule is COc1ccc(NC(=O)c2oc3ccccc3c2NC(C)=O)c(OC)c1. The van der Waals surface area contributed by atoms with Gasteiger partial charge in [0.05, 0.1) is 19.9 Å². The van der Waals surface area contributed by atoms with Gasteiger partial charge in [0.2, 0.25) is 11.7 Å². The van der Waals surface area contributed by atoms with Gasteiger partial charge in [0.1, 0.15) is 22.8 Å². The zero-order valence-electron chi connectivity index (χ0n) is 14.6. The largest absolute Gasteiger partial charge is 0.497 e. The van der Waals surface area contributed by atoms with Crippen LogP contribution in [0, 0.1) is 0 Å². The summed E-state index contributed by atoms with van der Waals surface area (Å²) in [6, 6.07) is 12.1. The number of methoxy groups -OCH3 is 2. The second-order valence-electron chi connectivity index (χ2n) is 5.50. The number of fused-ring (bicyclic) bond motifs is 1. The van der Waals surface area contributed by atoms with Crippen LogP contribution in [-0.4, -0.2) is 26.0 Å². The maximum atomic E-state index is 12.8. The molecule has 2 amide bonds. The van der Waals surface area contributed by atoms with Crippen molar-refractivity contribution < 1.29 is 23.5 Å². The van der Waals surface area contributed by atoms with Gasteiger partial charge in [0, 0.05) is 18.4 Å². The van der Waals surface area contributed by atoms with Crippen molar-refractivity contribution in [2.45, 2.75) is 6.92 Å². The highest BCUT2D eigenvalue weighted by Gasteiger charge is 2.22. The van der Waals surface area contributed by atoms with Crippen molar-refractivity contribution in [3.63, 3.8) is 0 Å². The van der Waals surface area contributed by atoms with Crippen LogP contribution < -0.4 is 20.1 Å². The third kappa shape index (κ3) is 3.32. The minimum atomic E-state index is -0.506. The number of carbonyl (C=O) groups excluding carboxylic acids is 2. The van der Waals surface area contributed by atoms with E-state index in [-0.39, 0.29) is 11.7 Å². The fraction of sp³-hybridized carbons (Fsp3) is 0.158. The molecule has 0 saturated heterocycles. The predicted octanol–water partition coefficient (Wildman–Crippen LogP) is 3.66. The van der Waals surface area contributed by atoms with Gasteiger partial charge in [-0.3, -0.25) is 9.59 Å². The van der Waals surface area contributed by atoms with Gasteiger partial charge in [0.25, 0.3) is 5.91 Å². The molecule has 1 aromatic heterocycles. The molecular weight excluding hydrogens is 336 g/mol. The molecule has 0 radical (unpaired) electrons. The average Bonchev–Trinajstić information content (AvgIpc) is 3.00. The van der Waals surface area contributed by atoms with Gasteiger partial charge in [-0.25, -0.2) is 0 Å². The van der Waals surface area contributed by atoms with Gasteiger partial charge < -0.3 is 24.5 Å². The number of furan rings is 1. The molecule has 0 bridgehead atoms. The Bertz CT molecular complexity index is 977. The minimum absolute atomic E-state index is 0.0132. The second kappa shape index (κ2) is 7.18. The molecule has 1 heterocycles. The van der Waals surface area contributed by atoms with Crippen LogP contribution in [0.5, 0.6) is 11.5 Å². The highest BCUT2D eigenvalue weighted by Crippen LogP contribution is 2.33. The van der Waals surface area contributed by atoms with Gasteiger partial charge in [-0.05, 0) is 24.3 Å². The Morgan fingerprint density at radius 1 is 1.00 bits per heavy atom. The third-order valence-corrected chi connectivity index (χ3v) is 3.76. The molecule has 7 nitrogen and oxygen atoms in total. The van der Waals surface area contributed by atoms with Crippen molar-refractivity contribution in [2.75, 3.05) is 24.9 Å². The van der Waals surface area contributed by atoms with Crippen LogP contribution in [0.1, 0.15) is 17.5 Å². The number of amides is 2. The van der Waals surface area contributed by atoms with E-state index in [0.717, 1.165) is 0 Å². The Labute approximate surface area is 149 Å². The fourth-order valence-electron chi connectivity index (χ4n) is 2.59. The molecule has 0 aliphatic heterocycles. The van der Waals surface area contributed by atoms with E-state index in [1.54, 1.807) is 49.6 Å². The molecule has 134 valence electrons. The molecule has 0 fully saturated rings. The number of para-hydroxylation sites is 1. The number of benzene rings is 2. The number of hydrogen-bond acceptors (Lipinski definition) is 5. The maximum Gasteiger partial charge on any atom is 0.293 e. The van der Waals surface area contributed by atoms with Crippen molar-refractivity contribution in [1.82, 2.24) is 0 Å². The normalized spacial score (nSPS) is 10.4. The number of nitrogens with one attached hydrogen (secondary N) is 2. The molecule has 2 N–H and O–H groups in total. The van der Waals surface area contributed by atoms with Crippen LogP contribution in [0.25, 0.3) is 11.0 Å². The number of carbonyl (C=O) groups is 2. The molecule has 0 atom stereocenters. The lowest BCUT2D eigenvalue weighted by Crippen LogP contribution is -2.15. The highest BCUT2D eigenvalue weighted by molar-refractivity contribution is 6.14. The van der Waals surface area contributed by atoms with E-state index in [1.165, 1.54) is 14.0 Å². The summed E-state index contributed by atoms with van der Waals surface area (Å²) in [5.41, 5.74) is 1.29. The Hall–Kier alpha value is -3.48. The summed E-state index contributed by atoms with van der Waals surface area (Å²) in [6.07, 6.45) is 0. The van der Waals surface area contributed by atoms with Crippen LogP contribution in [0.15, 0.2) is 46.9 Å². The van der Waals surface area contributed by atoms with Crippen LogP contribution in [0.4, 0.5) is 11.4 Å². The molecular formula is C19H18N2O5. The first kappa shape index (κ1) is 17.3. The highest BCUT2D eigenvalue weighted by atomic mass is 16.5. The van der Waals surface area contributed by atoms with E-state index in [2.05, 4.69) is 10.6 Å². The van der Waals surface area contributed by atoms with Crippen LogP contribution in [0.2, 0.25) is 0 Å². The number of hydrogen-bond donors (Lipinski definition) is 2.